The predicted octanol–water partition coefficient (Wildman–Crippen LogP) is 3.33. The van der Waals surface area contributed by atoms with Gasteiger partial charge in [0.2, 0.25) is 0 Å². The van der Waals surface area contributed by atoms with E-state index in [2.05, 4.69) is 19.2 Å². The number of nitrogens with one attached hydrogen (secondary N) is 1. The summed E-state index contributed by atoms with van der Waals surface area (Å²) >= 11 is 0. The first kappa shape index (κ1) is 21.1. The van der Waals surface area contributed by atoms with E-state index in [1.807, 2.05) is 0 Å². The van der Waals surface area contributed by atoms with Crippen molar-refractivity contribution < 1.29 is 18.1 Å². The summed E-state index contributed by atoms with van der Waals surface area (Å²) in [6.45, 7) is 4.82. The number of benzene rings is 1. The summed E-state index contributed by atoms with van der Waals surface area (Å²) in [6.07, 6.45) is 6.21. The quantitative estimate of drug-likeness (QED) is 0.386. The molecule has 0 bridgehead atoms. The first-order valence-electron chi connectivity index (χ1n) is 8.39. The first-order chi connectivity index (χ1) is 11.6. The van der Waals surface area contributed by atoms with Gasteiger partial charge in [-0.15, -0.1) is 0 Å². The fraction of sp³-hybridized carbons (Fsp3) is 0.588. The van der Waals surface area contributed by atoms with Gasteiger partial charge >= 0.3 is 0 Å². The molecular formula is C17H26N2O5S. The maximum Gasteiger partial charge on any atom is 0.271 e. The van der Waals surface area contributed by atoms with Crippen molar-refractivity contribution >= 4 is 21.4 Å². The SMILES string of the molecule is CC(C)CCCCCCNC(=O)c1cc([N+](=O)[O-])cc(S(C)(=O)=O)c1. The van der Waals surface area contributed by atoms with Gasteiger partial charge in [-0.1, -0.05) is 39.5 Å². The van der Waals surface area contributed by atoms with Crippen LogP contribution in [-0.4, -0.2) is 32.0 Å². The molecule has 0 saturated heterocycles. The van der Waals surface area contributed by atoms with Crippen LogP contribution in [-0.2, 0) is 9.84 Å². The van der Waals surface area contributed by atoms with E-state index in [0.29, 0.717) is 12.5 Å². The Balaban J connectivity index is 2.63. The van der Waals surface area contributed by atoms with Crippen molar-refractivity contribution in [3.63, 3.8) is 0 Å². The number of hydrogen-bond donors (Lipinski definition) is 1. The van der Waals surface area contributed by atoms with Crippen LogP contribution in [0.25, 0.3) is 0 Å². The van der Waals surface area contributed by atoms with Crippen LogP contribution in [0.2, 0.25) is 0 Å². The molecule has 0 aromatic heterocycles. The molecule has 1 aromatic rings. The minimum absolute atomic E-state index is 0.0190. The monoisotopic (exact) mass is 370 g/mol. The summed E-state index contributed by atoms with van der Waals surface area (Å²) in [6, 6.07) is 3.22. The van der Waals surface area contributed by atoms with Gasteiger partial charge in [0.05, 0.1) is 9.82 Å². The van der Waals surface area contributed by atoms with Crippen LogP contribution in [0.15, 0.2) is 23.1 Å². The molecule has 8 heteroatoms. The van der Waals surface area contributed by atoms with Gasteiger partial charge in [0, 0.05) is 30.5 Å². The molecule has 0 unspecified atom stereocenters. The molecule has 140 valence electrons. The second-order valence-electron chi connectivity index (χ2n) is 6.60. The molecule has 1 amide bonds. The van der Waals surface area contributed by atoms with Gasteiger partial charge in [-0.05, 0) is 18.4 Å². The van der Waals surface area contributed by atoms with Gasteiger partial charge in [-0.3, -0.25) is 14.9 Å². The molecule has 1 aromatic carbocycles. The van der Waals surface area contributed by atoms with Crippen LogP contribution >= 0.6 is 0 Å². The number of nitro groups is 1. The van der Waals surface area contributed by atoms with Gasteiger partial charge in [0.1, 0.15) is 0 Å². The van der Waals surface area contributed by atoms with Gasteiger partial charge < -0.3 is 5.32 Å². The fourth-order valence-electron chi connectivity index (χ4n) is 2.37. The van der Waals surface area contributed by atoms with Gasteiger partial charge in [0.25, 0.3) is 11.6 Å². The third-order valence-corrected chi connectivity index (χ3v) is 4.88. The van der Waals surface area contributed by atoms with Crippen molar-refractivity contribution in [1.29, 1.82) is 0 Å². The molecule has 1 rings (SSSR count). The average molecular weight is 370 g/mol. The smallest absolute Gasteiger partial charge is 0.271 e. The third-order valence-electron chi connectivity index (χ3n) is 3.79. The van der Waals surface area contributed by atoms with Crippen LogP contribution in [0.4, 0.5) is 5.69 Å². The Bertz CT molecular complexity index is 714. The minimum Gasteiger partial charge on any atom is -0.352 e. The third kappa shape index (κ3) is 7.64. The van der Waals surface area contributed by atoms with Crippen molar-refractivity contribution in [3.05, 3.63) is 33.9 Å². The lowest BCUT2D eigenvalue weighted by molar-refractivity contribution is -0.385. The highest BCUT2D eigenvalue weighted by atomic mass is 32.2. The standard InChI is InChI=1S/C17H26N2O5S/c1-13(2)8-6-4-5-7-9-18-17(20)14-10-15(19(21)22)12-16(11-14)25(3,23)24/h10-13H,4-9H2,1-3H3,(H,18,20). The van der Waals surface area contributed by atoms with E-state index in [1.165, 1.54) is 12.5 Å². The van der Waals surface area contributed by atoms with E-state index in [4.69, 9.17) is 0 Å². The van der Waals surface area contributed by atoms with E-state index in [9.17, 15) is 23.3 Å². The molecule has 0 spiro atoms. The number of carbonyl (C=O) groups is 1. The number of nitro benzene ring substituents is 1. The zero-order valence-electron chi connectivity index (χ0n) is 14.9. The summed E-state index contributed by atoms with van der Waals surface area (Å²) < 4.78 is 23.3. The molecule has 0 aliphatic heterocycles. The van der Waals surface area contributed by atoms with Gasteiger partial charge in [-0.2, -0.15) is 0 Å². The minimum atomic E-state index is -3.64. The number of non-ortho nitro benzene ring substituents is 1. The fourth-order valence-corrected chi connectivity index (χ4v) is 3.04. The number of unbranched alkanes of at least 4 members (excludes halogenated alkanes) is 3. The van der Waals surface area contributed by atoms with Crippen molar-refractivity contribution in [1.82, 2.24) is 5.32 Å². The van der Waals surface area contributed by atoms with E-state index < -0.39 is 26.4 Å². The van der Waals surface area contributed by atoms with Gasteiger partial charge in [-0.25, -0.2) is 8.42 Å². The van der Waals surface area contributed by atoms with E-state index >= 15 is 0 Å². The first-order valence-corrected chi connectivity index (χ1v) is 10.3. The molecule has 0 saturated carbocycles. The molecule has 0 radical (unpaired) electrons. The van der Waals surface area contributed by atoms with Crippen molar-refractivity contribution in [2.45, 2.75) is 50.8 Å². The van der Waals surface area contributed by atoms with E-state index in [1.54, 1.807) is 0 Å². The van der Waals surface area contributed by atoms with Crippen molar-refractivity contribution in [2.24, 2.45) is 5.92 Å². The van der Waals surface area contributed by atoms with Crippen LogP contribution in [0, 0.1) is 16.0 Å². The summed E-state index contributed by atoms with van der Waals surface area (Å²) in [5.74, 6) is 0.188. The highest BCUT2D eigenvalue weighted by Gasteiger charge is 2.18. The summed E-state index contributed by atoms with van der Waals surface area (Å²) in [7, 11) is -3.64. The Morgan fingerprint density at radius 2 is 1.80 bits per heavy atom. The summed E-state index contributed by atoms with van der Waals surface area (Å²) in [5.41, 5.74) is -0.434. The number of amides is 1. The summed E-state index contributed by atoms with van der Waals surface area (Å²) in [5, 5.41) is 13.6. The zero-order chi connectivity index (χ0) is 19.0. The Labute approximate surface area is 148 Å². The number of rotatable bonds is 10. The second-order valence-corrected chi connectivity index (χ2v) is 8.61. The highest BCUT2D eigenvalue weighted by molar-refractivity contribution is 7.90. The zero-order valence-corrected chi connectivity index (χ0v) is 15.8. The van der Waals surface area contributed by atoms with Crippen LogP contribution < -0.4 is 5.32 Å². The average Bonchev–Trinajstić information content (AvgIpc) is 2.52. The number of sulfone groups is 1. The van der Waals surface area contributed by atoms with Gasteiger partial charge in [0.15, 0.2) is 9.84 Å². The van der Waals surface area contributed by atoms with E-state index in [0.717, 1.165) is 44.1 Å². The Kier molecular flexibility index (Phi) is 8.02. The van der Waals surface area contributed by atoms with E-state index in [-0.39, 0.29) is 10.5 Å². The second kappa shape index (κ2) is 9.50. The molecule has 25 heavy (non-hydrogen) atoms. The van der Waals surface area contributed by atoms with Crippen molar-refractivity contribution in [2.75, 3.05) is 12.8 Å². The molecule has 0 heterocycles. The Morgan fingerprint density at radius 1 is 1.16 bits per heavy atom. The Morgan fingerprint density at radius 3 is 2.36 bits per heavy atom. The normalized spacial score (nSPS) is 11.5. The highest BCUT2D eigenvalue weighted by Crippen LogP contribution is 2.21. The lowest BCUT2D eigenvalue weighted by Crippen LogP contribution is -2.24. The lowest BCUT2D eigenvalue weighted by atomic mass is 10.0. The summed E-state index contributed by atoms with van der Waals surface area (Å²) in [4.78, 5) is 22.1. The van der Waals surface area contributed by atoms with Crippen LogP contribution in [0.5, 0.6) is 0 Å². The number of hydrogen-bond acceptors (Lipinski definition) is 5. The maximum atomic E-state index is 12.1. The molecule has 0 aliphatic carbocycles. The van der Waals surface area contributed by atoms with Crippen molar-refractivity contribution in [3.8, 4) is 0 Å². The molecule has 1 N–H and O–H groups in total. The maximum absolute atomic E-state index is 12.1. The molecule has 0 aliphatic rings. The molecule has 0 atom stereocenters. The lowest BCUT2D eigenvalue weighted by Gasteiger charge is -2.07. The molecule has 0 fully saturated rings. The topological polar surface area (TPSA) is 106 Å². The van der Waals surface area contributed by atoms with Crippen LogP contribution in [0.3, 0.4) is 0 Å². The van der Waals surface area contributed by atoms with Crippen LogP contribution in [0.1, 0.15) is 56.3 Å². The molecular weight excluding hydrogens is 344 g/mol. The number of carbonyl (C=O) groups excluding carboxylic acids is 1. The molecule has 7 nitrogen and oxygen atoms in total. The Hall–Kier alpha value is -1.96. The predicted molar refractivity (Wildman–Crippen MR) is 96.5 cm³/mol. The number of nitrogens with zero attached hydrogens (tertiary/aromatic N) is 1. The largest absolute Gasteiger partial charge is 0.352 e.